The zero-order valence-electron chi connectivity index (χ0n) is 11.3. The lowest BCUT2D eigenvalue weighted by atomic mass is 10.2. The number of hydrogen-bond donors (Lipinski definition) is 0. The molecule has 0 aliphatic heterocycles. The molecule has 0 amide bonds. The second kappa shape index (κ2) is 6.53. The van der Waals surface area contributed by atoms with E-state index in [4.69, 9.17) is 11.6 Å². The second-order valence-corrected chi connectivity index (χ2v) is 6.45. The summed E-state index contributed by atoms with van der Waals surface area (Å²) in [5.41, 5.74) is 2.70. The predicted molar refractivity (Wildman–Crippen MR) is 77.2 cm³/mol. The van der Waals surface area contributed by atoms with Crippen molar-refractivity contribution in [2.75, 3.05) is 17.9 Å². The van der Waals surface area contributed by atoms with Gasteiger partial charge in [0, 0.05) is 45.8 Å². The van der Waals surface area contributed by atoms with Gasteiger partial charge in [0.25, 0.3) is 0 Å². The van der Waals surface area contributed by atoms with Crippen molar-refractivity contribution >= 4 is 28.2 Å². The average molecular weight is 290 g/mol. The molecule has 0 bridgehead atoms. The minimum Gasteiger partial charge on any atom is -0.346 e. The van der Waals surface area contributed by atoms with Gasteiger partial charge in [0.15, 0.2) is 5.78 Å². The van der Waals surface area contributed by atoms with Crippen molar-refractivity contribution in [3.63, 3.8) is 0 Å². The number of Topliss-reactive ketones (excluding diaryl/α,β-unsaturated/α-hetero) is 1. The van der Waals surface area contributed by atoms with Crippen LogP contribution in [0, 0.1) is 13.8 Å². The first-order valence-electron chi connectivity index (χ1n) is 5.96. The largest absolute Gasteiger partial charge is 0.346 e. The number of nitrogens with zero attached hydrogens (tertiary/aromatic N) is 1. The fourth-order valence-electron chi connectivity index (χ4n) is 2.28. The maximum Gasteiger partial charge on any atom is 0.179 e. The third-order valence-electron chi connectivity index (χ3n) is 3.17. The van der Waals surface area contributed by atoms with Crippen LogP contribution in [0.15, 0.2) is 6.07 Å². The highest BCUT2D eigenvalue weighted by atomic mass is 35.5. The number of carbonyl (C=O) groups is 1. The van der Waals surface area contributed by atoms with E-state index in [0.29, 0.717) is 11.3 Å². The first-order valence-corrected chi connectivity index (χ1v) is 8.22. The zero-order valence-corrected chi connectivity index (χ0v) is 12.9. The molecule has 0 saturated heterocycles. The minimum atomic E-state index is -0.778. The van der Waals surface area contributed by atoms with Crippen LogP contribution in [0.2, 0.25) is 0 Å². The van der Waals surface area contributed by atoms with Gasteiger partial charge in [0.05, 0.1) is 5.88 Å². The number of halogens is 1. The van der Waals surface area contributed by atoms with Crippen molar-refractivity contribution in [3.05, 3.63) is 23.0 Å². The lowest BCUT2D eigenvalue weighted by Gasteiger charge is -2.18. The summed E-state index contributed by atoms with van der Waals surface area (Å²) in [6, 6.07) is 2.13. The Kier molecular flexibility index (Phi) is 5.60. The fraction of sp³-hybridized carbons (Fsp3) is 0.615. The number of hydrogen-bond acceptors (Lipinski definition) is 2. The number of rotatable bonds is 6. The Morgan fingerprint density at radius 3 is 2.61 bits per heavy atom. The smallest absolute Gasteiger partial charge is 0.179 e. The molecule has 18 heavy (non-hydrogen) atoms. The van der Waals surface area contributed by atoms with Crippen molar-refractivity contribution in [3.8, 4) is 0 Å². The van der Waals surface area contributed by atoms with Gasteiger partial charge in [0.2, 0.25) is 0 Å². The first-order chi connectivity index (χ1) is 8.38. The molecule has 102 valence electrons. The highest BCUT2D eigenvalue weighted by molar-refractivity contribution is 7.84. The zero-order chi connectivity index (χ0) is 13.9. The fourth-order valence-corrected chi connectivity index (χ4v) is 3.09. The molecule has 3 nitrogen and oxygen atoms in total. The van der Waals surface area contributed by atoms with Gasteiger partial charge in [0.1, 0.15) is 0 Å². The maximum absolute atomic E-state index is 11.7. The lowest BCUT2D eigenvalue weighted by Crippen LogP contribution is -2.12. The van der Waals surface area contributed by atoms with Gasteiger partial charge in [-0.25, -0.2) is 0 Å². The molecule has 5 heteroatoms. The van der Waals surface area contributed by atoms with Crippen LogP contribution in [-0.4, -0.2) is 32.4 Å². The molecule has 0 radical (unpaired) electrons. The number of aromatic nitrogens is 1. The molecular weight excluding hydrogens is 270 g/mol. The lowest BCUT2D eigenvalue weighted by molar-refractivity contribution is 0.102. The van der Waals surface area contributed by atoms with E-state index in [0.717, 1.165) is 17.8 Å². The van der Waals surface area contributed by atoms with E-state index in [2.05, 4.69) is 11.5 Å². The number of aryl methyl sites for hydroxylation is 1. The van der Waals surface area contributed by atoms with Crippen LogP contribution in [0.4, 0.5) is 0 Å². The van der Waals surface area contributed by atoms with E-state index in [1.165, 1.54) is 0 Å². The van der Waals surface area contributed by atoms with Crippen LogP contribution in [0.3, 0.4) is 0 Å². The molecule has 0 N–H and O–H groups in total. The van der Waals surface area contributed by atoms with E-state index >= 15 is 0 Å². The van der Waals surface area contributed by atoms with Crippen LogP contribution >= 0.6 is 11.6 Å². The summed E-state index contributed by atoms with van der Waals surface area (Å²) in [7, 11) is -0.778. The quantitative estimate of drug-likeness (QED) is 0.597. The second-order valence-electron chi connectivity index (χ2n) is 4.63. The van der Waals surface area contributed by atoms with Crippen LogP contribution in [0.5, 0.6) is 0 Å². The molecule has 1 aromatic rings. The normalized spacial score (nSPS) is 14.5. The first kappa shape index (κ1) is 15.4. The van der Waals surface area contributed by atoms with Crippen LogP contribution in [0.1, 0.15) is 41.1 Å². The third kappa shape index (κ3) is 3.45. The highest BCUT2D eigenvalue weighted by Crippen LogP contribution is 2.23. The Morgan fingerprint density at radius 1 is 1.50 bits per heavy atom. The molecule has 2 atom stereocenters. The SMILES string of the molecule is Cc1cc(C(=O)CCl)c(C)n1C(C)CCS(C)=O. The Labute approximate surface area is 116 Å². The van der Waals surface area contributed by atoms with E-state index < -0.39 is 10.8 Å². The van der Waals surface area contributed by atoms with Crippen molar-refractivity contribution in [1.29, 1.82) is 0 Å². The van der Waals surface area contributed by atoms with Crippen molar-refractivity contribution in [1.82, 2.24) is 4.57 Å². The van der Waals surface area contributed by atoms with Crippen molar-refractivity contribution in [2.24, 2.45) is 0 Å². The molecule has 0 saturated carbocycles. The molecule has 0 aliphatic rings. The molecule has 1 rings (SSSR count). The van der Waals surface area contributed by atoms with E-state index in [1.807, 2.05) is 19.9 Å². The summed E-state index contributed by atoms with van der Waals surface area (Å²) in [5, 5.41) is 0. The summed E-state index contributed by atoms with van der Waals surface area (Å²) in [6.07, 6.45) is 2.55. The Hall–Kier alpha value is -0.610. The molecule has 1 heterocycles. The Morgan fingerprint density at radius 2 is 2.11 bits per heavy atom. The average Bonchev–Trinajstić information content (AvgIpc) is 2.61. The summed E-state index contributed by atoms with van der Waals surface area (Å²) < 4.78 is 13.3. The van der Waals surface area contributed by atoms with Gasteiger partial charge in [-0.05, 0) is 33.3 Å². The Bertz CT molecular complexity index is 468. The third-order valence-corrected chi connectivity index (χ3v) is 4.22. The summed E-state index contributed by atoms with van der Waals surface area (Å²) in [6.45, 7) is 6.01. The molecule has 0 spiro atoms. The Balaban J connectivity index is 2.98. The van der Waals surface area contributed by atoms with E-state index in [9.17, 15) is 9.00 Å². The van der Waals surface area contributed by atoms with E-state index in [1.54, 1.807) is 6.26 Å². The number of carbonyl (C=O) groups excluding carboxylic acids is 1. The minimum absolute atomic E-state index is 0.0116. The summed E-state index contributed by atoms with van der Waals surface area (Å²) in [5.74, 6) is 0.650. The van der Waals surface area contributed by atoms with Gasteiger partial charge < -0.3 is 4.57 Å². The molecule has 1 aromatic heterocycles. The topological polar surface area (TPSA) is 39.1 Å². The number of ketones is 1. The van der Waals surface area contributed by atoms with Gasteiger partial charge >= 0.3 is 0 Å². The summed E-state index contributed by atoms with van der Waals surface area (Å²) >= 11 is 5.60. The summed E-state index contributed by atoms with van der Waals surface area (Å²) in [4.78, 5) is 11.7. The van der Waals surface area contributed by atoms with Gasteiger partial charge in [-0.3, -0.25) is 9.00 Å². The van der Waals surface area contributed by atoms with Crippen molar-refractivity contribution < 1.29 is 9.00 Å². The van der Waals surface area contributed by atoms with Gasteiger partial charge in [-0.15, -0.1) is 11.6 Å². The van der Waals surface area contributed by atoms with Crippen LogP contribution in [-0.2, 0) is 10.8 Å². The molecule has 0 aliphatic carbocycles. The molecule has 0 aromatic carbocycles. The monoisotopic (exact) mass is 289 g/mol. The molecule has 2 unspecified atom stereocenters. The van der Waals surface area contributed by atoms with Crippen LogP contribution in [0.25, 0.3) is 0 Å². The standard InChI is InChI=1S/C13H20ClNO2S/c1-9(5-6-18(4)17)15-10(2)7-12(11(15)3)13(16)8-14/h7,9H,5-6,8H2,1-4H3. The predicted octanol–water partition coefficient (Wildman–Crippen LogP) is 2.86. The highest BCUT2D eigenvalue weighted by Gasteiger charge is 2.18. The van der Waals surface area contributed by atoms with Gasteiger partial charge in [-0.2, -0.15) is 0 Å². The van der Waals surface area contributed by atoms with Crippen molar-refractivity contribution in [2.45, 2.75) is 33.2 Å². The molecule has 0 fully saturated rings. The number of alkyl halides is 1. The van der Waals surface area contributed by atoms with E-state index in [-0.39, 0.29) is 17.7 Å². The van der Waals surface area contributed by atoms with Gasteiger partial charge in [-0.1, -0.05) is 0 Å². The maximum atomic E-state index is 11.7. The van der Waals surface area contributed by atoms with Crippen LogP contribution < -0.4 is 0 Å². The molecular formula is C13H20ClNO2S.